The van der Waals surface area contributed by atoms with E-state index in [-0.39, 0.29) is 5.97 Å². The van der Waals surface area contributed by atoms with Crippen molar-refractivity contribution < 1.29 is 9.53 Å². The summed E-state index contributed by atoms with van der Waals surface area (Å²) in [5, 5.41) is 3.29. The van der Waals surface area contributed by atoms with Crippen molar-refractivity contribution >= 4 is 17.7 Å². The average molecular weight is 261 g/mol. The van der Waals surface area contributed by atoms with Crippen LogP contribution in [0.3, 0.4) is 0 Å². The van der Waals surface area contributed by atoms with Gasteiger partial charge in [-0.2, -0.15) is 11.8 Å². The highest BCUT2D eigenvalue weighted by molar-refractivity contribution is 7.99. The Hall–Kier alpha value is -0.220. The van der Waals surface area contributed by atoms with Crippen molar-refractivity contribution in [1.29, 1.82) is 0 Å². The summed E-state index contributed by atoms with van der Waals surface area (Å²) in [5.74, 6) is 2.40. The molecule has 0 bridgehead atoms. The molecule has 0 aliphatic rings. The molecular formula is C13H27NO2S. The number of hydrogen-bond acceptors (Lipinski definition) is 4. The molecule has 3 nitrogen and oxygen atoms in total. The number of carbonyl (C=O) groups excluding carboxylic acids is 1. The Morgan fingerprint density at radius 1 is 1.47 bits per heavy atom. The minimum absolute atomic E-state index is 0.164. The number of methoxy groups -OCH3 is 1. The molecule has 0 aromatic heterocycles. The standard InChI is InChI=1S/C13H27NO2S/c1-6-8-14-13(4,12(15)16-5)10-17-9-11(3)7-2/h11,14H,6-10H2,1-5H3. The highest BCUT2D eigenvalue weighted by atomic mass is 32.2. The topological polar surface area (TPSA) is 38.3 Å². The first kappa shape index (κ1) is 16.8. The summed E-state index contributed by atoms with van der Waals surface area (Å²) < 4.78 is 4.88. The van der Waals surface area contributed by atoms with E-state index in [1.807, 2.05) is 18.7 Å². The Morgan fingerprint density at radius 3 is 2.59 bits per heavy atom. The largest absolute Gasteiger partial charge is 0.468 e. The molecule has 0 saturated carbocycles. The molecule has 0 saturated heterocycles. The van der Waals surface area contributed by atoms with Crippen LogP contribution in [0.2, 0.25) is 0 Å². The fourth-order valence-electron chi connectivity index (χ4n) is 1.39. The summed E-state index contributed by atoms with van der Waals surface area (Å²) >= 11 is 1.82. The first-order chi connectivity index (χ1) is 8.00. The number of esters is 1. The van der Waals surface area contributed by atoms with Crippen molar-refractivity contribution in [3.8, 4) is 0 Å². The minimum atomic E-state index is -0.553. The van der Waals surface area contributed by atoms with Gasteiger partial charge in [-0.25, -0.2) is 0 Å². The molecule has 0 spiro atoms. The van der Waals surface area contributed by atoms with Gasteiger partial charge < -0.3 is 10.1 Å². The molecule has 0 amide bonds. The summed E-state index contributed by atoms with van der Waals surface area (Å²) in [5.41, 5.74) is -0.553. The van der Waals surface area contributed by atoms with Crippen LogP contribution in [-0.2, 0) is 9.53 Å². The van der Waals surface area contributed by atoms with E-state index in [4.69, 9.17) is 4.74 Å². The van der Waals surface area contributed by atoms with Crippen molar-refractivity contribution in [1.82, 2.24) is 5.32 Å². The second-order valence-corrected chi connectivity index (χ2v) is 5.81. The van der Waals surface area contributed by atoms with Crippen molar-refractivity contribution in [3.63, 3.8) is 0 Å². The molecule has 17 heavy (non-hydrogen) atoms. The highest BCUT2D eigenvalue weighted by Gasteiger charge is 2.33. The van der Waals surface area contributed by atoms with Crippen molar-refractivity contribution in [2.75, 3.05) is 25.2 Å². The van der Waals surface area contributed by atoms with Crippen LogP contribution in [0.4, 0.5) is 0 Å². The van der Waals surface area contributed by atoms with Crippen LogP contribution < -0.4 is 5.32 Å². The number of ether oxygens (including phenoxy) is 1. The predicted octanol–water partition coefficient (Wildman–Crippen LogP) is 2.70. The van der Waals surface area contributed by atoms with E-state index >= 15 is 0 Å². The number of nitrogens with one attached hydrogen (secondary N) is 1. The zero-order valence-electron chi connectivity index (χ0n) is 11.8. The third kappa shape index (κ3) is 6.32. The molecule has 0 radical (unpaired) electrons. The van der Waals surface area contributed by atoms with Gasteiger partial charge in [0.2, 0.25) is 0 Å². The molecule has 0 heterocycles. The van der Waals surface area contributed by atoms with Gasteiger partial charge in [-0.15, -0.1) is 0 Å². The lowest BCUT2D eigenvalue weighted by Crippen LogP contribution is -2.52. The maximum absolute atomic E-state index is 11.8. The van der Waals surface area contributed by atoms with E-state index in [0.29, 0.717) is 5.92 Å². The Labute approximate surface area is 110 Å². The van der Waals surface area contributed by atoms with Gasteiger partial charge in [0.25, 0.3) is 0 Å². The molecule has 0 aliphatic carbocycles. The smallest absolute Gasteiger partial charge is 0.326 e. The van der Waals surface area contributed by atoms with Crippen LogP contribution in [0, 0.1) is 5.92 Å². The summed E-state index contributed by atoms with van der Waals surface area (Å²) in [6.45, 7) is 9.30. The zero-order valence-corrected chi connectivity index (χ0v) is 12.7. The van der Waals surface area contributed by atoms with Crippen LogP contribution in [0.15, 0.2) is 0 Å². The molecule has 2 unspecified atom stereocenters. The van der Waals surface area contributed by atoms with Crippen LogP contribution in [0.1, 0.15) is 40.5 Å². The maximum Gasteiger partial charge on any atom is 0.326 e. The van der Waals surface area contributed by atoms with Crippen molar-refractivity contribution in [2.24, 2.45) is 5.92 Å². The monoisotopic (exact) mass is 261 g/mol. The first-order valence-corrected chi connectivity index (χ1v) is 7.56. The number of hydrogen-bond donors (Lipinski definition) is 1. The van der Waals surface area contributed by atoms with E-state index in [0.717, 1.165) is 24.5 Å². The normalized spacial score (nSPS) is 16.3. The van der Waals surface area contributed by atoms with Crippen LogP contribution in [0.5, 0.6) is 0 Å². The minimum Gasteiger partial charge on any atom is -0.468 e. The summed E-state index contributed by atoms with van der Waals surface area (Å²) in [4.78, 5) is 11.8. The molecule has 0 aromatic rings. The predicted molar refractivity (Wildman–Crippen MR) is 75.5 cm³/mol. The van der Waals surface area contributed by atoms with Crippen molar-refractivity contribution in [3.05, 3.63) is 0 Å². The molecule has 0 fully saturated rings. The lowest BCUT2D eigenvalue weighted by atomic mass is 10.1. The highest BCUT2D eigenvalue weighted by Crippen LogP contribution is 2.18. The number of thioether (sulfide) groups is 1. The molecule has 0 rings (SSSR count). The second kappa shape index (κ2) is 8.81. The molecule has 1 N–H and O–H groups in total. The zero-order chi connectivity index (χ0) is 13.3. The Balaban J connectivity index is 4.23. The summed E-state index contributed by atoms with van der Waals surface area (Å²) in [7, 11) is 1.45. The molecular weight excluding hydrogens is 234 g/mol. The number of rotatable bonds is 9. The van der Waals surface area contributed by atoms with Crippen LogP contribution in [-0.4, -0.2) is 36.7 Å². The van der Waals surface area contributed by atoms with Crippen LogP contribution >= 0.6 is 11.8 Å². The van der Waals surface area contributed by atoms with Gasteiger partial charge in [-0.3, -0.25) is 4.79 Å². The lowest BCUT2D eigenvalue weighted by molar-refractivity contribution is -0.146. The van der Waals surface area contributed by atoms with E-state index in [9.17, 15) is 4.79 Å². The summed E-state index contributed by atoms with van der Waals surface area (Å²) in [6.07, 6.45) is 2.20. The molecule has 0 aliphatic heterocycles. The number of carbonyl (C=O) groups is 1. The molecule has 0 aromatic carbocycles. The van der Waals surface area contributed by atoms with Gasteiger partial charge in [-0.1, -0.05) is 27.2 Å². The quantitative estimate of drug-likeness (QED) is 0.648. The van der Waals surface area contributed by atoms with E-state index in [1.54, 1.807) is 0 Å². The van der Waals surface area contributed by atoms with E-state index in [2.05, 4.69) is 26.1 Å². The van der Waals surface area contributed by atoms with Gasteiger partial charge >= 0.3 is 5.97 Å². The molecule has 4 heteroatoms. The SMILES string of the molecule is CCCNC(C)(CSCC(C)CC)C(=O)OC. The van der Waals surface area contributed by atoms with Gasteiger partial charge in [0.05, 0.1) is 7.11 Å². The fraction of sp³-hybridized carbons (Fsp3) is 0.923. The van der Waals surface area contributed by atoms with E-state index in [1.165, 1.54) is 13.5 Å². The third-order valence-corrected chi connectivity index (χ3v) is 4.48. The maximum atomic E-state index is 11.8. The van der Waals surface area contributed by atoms with E-state index < -0.39 is 5.54 Å². The van der Waals surface area contributed by atoms with Crippen molar-refractivity contribution in [2.45, 2.75) is 46.1 Å². The Bertz CT molecular complexity index is 223. The molecule has 102 valence electrons. The van der Waals surface area contributed by atoms with Gasteiger partial charge in [0.1, 0.15) is 5.54 Å². The Morgan fingerprint density at radius 2 is 2.12 bits per heavy atom. The molecule has 2 atom stereocenters. The first-order valence-electron chi connectivity index (χ1n) is 6.41. The third-order valence-electron chi connectivity index (χ3n) is 2.89. The van der Waals surface area contributed by atoms with Gasteiger partial charge in [0, 0.05) is 5.75 Å². The Kier molecular flexibility index (Phi) is 8.70. The second-order valence-electron chi connectivity index (χ2n) is 4.78. The summed E-state index contributed by atoms with van der Waals surface area (Å²) in [6, 6.07) is 0. The lowest BCUT2D eigenvalue weighted by Gasteiger charge is -2.28. The van der Waals surface area contributed by atoms with Gasteiger partial charge in [-0.05, 0) is 31.6 Å². The van der Waals surface area contributed by atoms with Crippen LogP contribution in [0.25, 0.3) is 0 Å². The fourth-order valence-corrected chi connectivity index (χ4v) is 2.77. The van der Waals surface area contributed by atoms with Gasteiger partial charge in [0.15, 0.2) is 0 Å². The average Bonchev–Trinajstić information content (AvgIpc) is 2.34.